The molecule has 1 aromatic carbocycles. The van der Waals surface area contributed by atoms with Gasteiger partial charge in [0.05, 0.1) is 5.69 Å². The summed E-state index contributed by atoms with van der Waals surface area (Å²) in [6.07, 6.45) is 1.74. The summed E-state index contributed by atoms with van der Waals surface area (Å²) in [5, 5.41) is 13.2. The standard InChI is InChI=1S/C14H16N4O/c19-13-4-2-1-3-11(13)12-5-6-16-14(17-12)18-9-7-15-8-10-18/h1-6,15,19H,7-10H2. The van der Waals surface area contributed by atoms with Crippen LogP contribution in [0.3, 0.4) is 0 Å². The first-order valence-corrected chi connectivity index (χ1v) is 6.42. The summed E-state index contributed by atoms with van der Waals surface area (Å²) in [7, 11) is 0. The van der Waals surface area contributed by atoms with Crippen molar-refractivity contribution < 1.29 is 5.11 Å². The largest absolute Gasteiger partial charge is 0.507 e. The van der Waals surface area contributed by atoms with E-state index in [4.69, 9.17) is 0 Å². The molecule has 2 N–H and O–H groups in total. The fraction of sp³-hybridized carbons (Fsp3) is 0.286. The first-order chi connectivity index (χ1) is 9.34. The first-order valence-electron chi connectivity index (χ1n) is 6.42. The van der Waals surface area contributed by atoms with Crippen LogP contribution in [-0.4, -0.2) is 41.3 Å². The van der Waals surface area contributed by atoms with Gasteiger partial charge >= 0.3 is 0 Å². The number of nitrogens with one attached hydrogen (secondary N) is 1. The number of hydrogen-bond donors (Lipinski definition) is 2. The highest BCUT2D eigenvalue weighted by molar-refractivity contribution is 5.67. The maximum atomic E-state index is 9.88. The van der Waals surface area contributed by atoms with Crippen molar-refractivity contribution in [1.29, 1.82) is 0 Å². The maximum Gasteiger partial charge on any atom is 0.225 e. The highest BCUT2D eigenvalue weighted by Crippen LogP contribution is 2.27. The second-order valence-electron chi connectivity index (χ2n) is 4.50. The number of hydrogen-bond acceptors (Lipinski definition) is 5. The van der Waals surface area contributed by atoms with E-state index in [0.29, 0.717) is 0 Å². The Kier molecular flexibility index (Phi) is 3.29. The van der Waals surface area contributed by atoms with Crippen LogP contribution in [0.5, 0.6) is 5.75 Å². The topological polar surface area (TPSA) is 61.3 Å². The zero-order chi connectivity index (χ0) is 13.1. The molecule has 0 unspecified atom stereocenters. The second-order valence-corrected chi connectivity index (χ2v) is 4.50. The van der Waals surface area contributed by atoms with Gasteiger partial charge in [0, 0.05) is 37.9 Å². The molecule has 19 heavy (non-hydrogen) atoms. The zero-order valence-corrected chi connectivity index (χ0v) is 10.6. The molecule has 1 aliphatic rings. The number of benzene rings is 1. The summed E-state index contributed by atoms with van der Waals surface area (Å²) >= 11 is 0. The summed E-state index contributed by atoms with van der Waals surface area (Å²) in [5.41, 5.74) is 1.49. The predicted molar refractivity (Wildman–Crippen MR) is 74.2 cm³/mol. The Hall–Kier alpha value is -2.14. The smallest absolute Gasteiger partial charge is 0.225 e. The van der Waals surface area contributed by atoms with Gasteiger partial charge in [-0.2, -0.15) is 0 Å². The third-order valence-electron chi connectivity index (χ3n) is 3.22. The van der Waals surface area contributed by atoms with Crippen LogP contribution >= 0.6 is 0 Å². The average molecular weight is 256 g/mol. The minimum Gasteiger partial charge on any atom is -0.507 e. The molecule has 0 aliphatic carbocycles. The molecule has 1 fully saturated rings. The van der Waals surface area contributed by atoms with E-state index in [1.807, 2.05) is 18.2 Å². The van der Waals surface area contributed by atoms with E-state index in [9.17, 15) is 5.11 Å². The molecule has 0 bridgehead atoms. The molecule has 0 radical (unpaired) electrons. The lowest BCUT2D eigenvalue weighted by Crippen LogP contribution is -2.44. The highest BCUT2D eigenvalue weighted by Gasteiger charge is 2.14. The first kappa shape index (κ1) is 11.9. The van der Waals surface area contributed by atoms with Gasteiger partial charge in [0.25, 0.3) is 0 Å². The normalized spacial score (nSPS) is 15.5. The van der Waals surface area contributed by atoms with Crippen molar-refractivity contribution in [2.75, 3.05) is 31.1 Å². The van der Waals surface area contributed by atoms with E-state index in [1.54, 1.807) is 18.3 Å². The number of aromatic nitrogens is 2. The van der Waals surface area contributed by atoms with Crippen LogP contribution in [-0.2, 0) is 0 Å². The fourth-order valence-corrected chi connectivity index (χ4v) is 2.21. The lowest BCUT2D eigenvalue weighted by molar-refractivity contribution is 0.477. The van der Waals surface area contributed by atoms with Gasteiger partial charge in [-0.05, 0) is 18.2 Å². The Morgan fingerprint density at radius 3 is 2.68 bits per heavy atom. The van der Waals surface area contributed by atoms with E-state index >= 15 is 0 Å². The van der Waals surface area contributed by atoms with Crippen molar-refractivity contribution in [3.05, 3.63) is 36.5 Å². The molecule has 3 rings (SSSR count). The number of phenolic OH excluding ortho intramolecular Hbond substituents is 1. The molecular formula is C14H16N4O. The lowest BCUT2D eigenvalue weighted by atomic mass is 10.1. The van der Waals surface area contributed by atoms with Gasteiger partial charge in [-0.1, -0.05) is 12.1 Å². The van der Waals surface area contributed by atoms with Crippen LogP contribution in [0.4, 0.5) is 5.95 Å². The summed E-state index contributed by atoms with van der Waals surface area (Å²) in [6, 6.07) is 9.04. The van der Waals surface area contributed by atoms with Gasteiger partial charge in [0.15, 0.2) is 0 Å². The lowest BCUT2D eigenvalue weighted by Gasteiger charge is -2.27. The Morgan fingerprint density at radius 2 is 1.89 bits per heavy atom. The molecule has 0 atom stereocenters. The van der Waals surface area contributed by atoms with Crippen molar-refractivity contribution >= 4 is 5.95 Å². The van der Waals surface area contributed by atoms with Crippen molar-refractivity contribution in [3.63, 3.8) is 0 Å². The number of aromatic hydroxyl groups is 1. The van der Waals surface area contributed by atoms with Gasteiger partial charge in [0.1, 0.15) is 5.75 Å². The molecule has 5 heteroatoms. The Bertz CT molecular complexity index is 567. The summed E-state index contributed by atoms with van der Waals surface area (Å²) in [6.45, 7) is 3.71. The fourth-order valence-electron chi connectivity index (χ4n) is 2.21. The molecule has 5 nitrogen and oxygen atoms in total. The van der Waals surface area contributed by atoms with Crippen LogP contribution in [0, 0.1) is 0 Å². The van der Waals surface area contributed by atoms with Gasteiger partial charge in [0.2, 0.25) is 5.95 Å². The third-order valence-corrected chi connectivity index (χ3v) is 3.22. The molecule has 2 heterocycles. The molecule has 1 aromatic heterocycles. The number of phenols is 1. The van der Waals surface area contributed by atoms with Crippen LogP contribution in [0.25, 0.3) is 11.3 Å². The maximum absolute atomic E-state index is 9.88. The number of anilines is 1. The molecule has 98 valence electrons. The van der Waals surface area contributed by atoms with Crippen molar-refractivity contribution in [1.82, 2.24) is 15.3 Å². The number of rotatable bonds is 2. The number of para-hydroxylation sites is 1. The molecule has 0 spiro atoms. The predicted octanol–water partition coefficient (Wildman–Crippen LogP) is 1.26. The van der Waals surface area contributed by atoms with Gasteiger partial charge < -0.3 is 15.3 Å². The summed E-state index contributed by atoms with van der Waals surface area (Å²) in [5.74, 6) is 0.967. The quantitative estimate of drug-likeness (QED) is 0.847. The van der Waals surface area contributed by atoms with Crippen molar-refractivity contribution in [3.8, 4) is 17.0 Å². The molecule has 0 saturated carbocycles. The van der Waals surface area contributed by atoms with E-state index in [-0.39, 0.29) is 5.75 Å². The number of piperazine rings is 1. The second kappa shape index (κ2) is 5.24. The molecular weight excluding hydrogens is 240 g/mol. The average Bonchev–Trinajstić information content (AvgIpc) is 2.49. The summed E-state index contributed by atoms with van der Waals surface area (Å²) < 4.78 is 0. The minimum absolute atomic E-state index is 0.243. The highest BCUT2D eigenvalue weighted by atomic mass is 16.3. The third kappa shape index (κ3) is 2.51. The summed E-state index contributed by atoms with van der Waals surface area (Å²) in [4.78, 5) is 11.0. The minimum atomic E-state index is 0.243. The van der Waals surface area contributed by atoms with E-state index in [2.05, 4.69) is 20.2 Å². The zero-order valence-electron chi connectivity index (χ0n) is 10.6. The SMILES string of the molecule is Oc1ccccc1-c1ccnc(N2CCNCC2)n1. The van der Waals surface area contributed by atoms with E-state index in [1.165, 1.54) is 0 Å². The van der Waals surface area contributed by atoms with E-state index < -0.39 is 0 Å². The van der Waals surface area contributed by atoms with Gasteiger partial charge in [-0.25, -0.2) is 9.97 Å². The van der Waals surface area contributed by atoms with Crippen LogP contribution in [0.15, 0.2) is 36.5 Å². The molecule has 2 aromatic rings. The van der Waals surface area contributed by atoms with Crippen LogP contribution in [0.2, 0.25) is 0 Å². The van der Waals surface area contributed by atoms with Gasteiger partial charge in [-0.15, -0.1) is 0 Å². The number of nitrogens with zero attached hydrogens (tertiary/aromatic N) is 3. The Morgan fingerprint density at radius 1 is 1.11 bits per heavy atom. The van der Waals surface area contributed by atoms with Gasteiger partial charge in [-0.3, -0.25) is 0 Å². The molecule has 1 aliphatic heterocycles. The Labute approximate surface area is 111 Å². The van der Waals surface area contributed by atoms with Crippen LogP contribution < -0.4 is 10.2 Å². The Balaban J connectivity index is 1.93. The van der Waals surface area contributed by atoms with Crippen LogP contribution in [0.1, 0.15) is 0 Å². The monoisotopic (exact) mass is 256 g/mol. The van der Waals surface area contributed by atoms with Crippen molar-refractivity contribution in [2.45, 2.75) is 0 Å². The molecule has 0 amide bonds. The van der Waals surface area contributed by atoms with Crippen molar-refractivity contribution in [2.24, 2.45) is 0 Å². The molecule has 1 saturated heterocycles. The van der Waals surface area contributed by atoms with E-state index in [0.717, 1.165) is 43.4 Å².